The average molecular weight is 290 g/mol. The number of carbonyl (C=O) groups excluding carboxylic acids is 1. The Hall–Kier alpha value is -1.23. The smallest absolute Gasteiger partial charge is 0.164 e. The van der Waals surface area contributed by atoms with Crippen LogP contribution in [0.5, 0.6) is 0 Å². The molecule has 4 heteroatoms. The van der Waals surface area contributed by atoms with Crippen molar-refractivity contribution in [1.82, 2.24) is 9.80 Å². The van der Waals surface area contributed by atoms with Crippen LogP contribution in [-0.2, 0) is 0 Å². The molecule has 1 fully saturated rings. The zero-order valence-corrected chi connectivity index (χ0v) is 12.9. The lowest BCUT2D eigenvalue weighted by Crippen LogP contribution is -2.51. The van der Waals surface area contributed by atoms with Crippen molar-refractivity contribution in [2.75, 3.05) is 39.3 Å². The first-order valence-corrected chi connectivity index (χ1v) is 7.90. The molecule has 0 amide bonds. The zero-order chi connectivity index (χ0) is 15.1. The lowest BCUT2D eigenvalue weighted by molar-refractivity contribution is 0.0618. The van der Waals surface area contributed by atoms with E-state index in [2.05, 4.69) is 16.7 Å². The predicted octanol–water partition coefficient (Wildman–Crippen LogP) is 1.65. The highest BCUT2D eigenvalue weighted by atomic mass is 16.3. The lowest BCUT2D eigenvalue weighted by atomic mass is 10.1. The van der Waals surface area contributed by atoms with E-state index in [4.69, 9.17) is 0 Å². The van der Waals surface area contributed by atoms with Gasteiger partial charge in [-0.1, -0.05) is 37.3 Å². The average Bonchev–Trinajstić information content (AvgIpc) is 2.55. The van der Waals surface area contributed by atoms with Gasteiger partial charge in [-0.3, -0.25) is 9.69 Å². The highest BCUT2D eigenvalue weighted by Gasteiger charge is 2.22. The summed E-state index contributed by atoms with van der Waals surface area (Å²) in [6.45, 7) is 7.13. The van der Waals surface area contributed by atoms with Gasteiger partial charge in [-0.05, 0) is 6.42 Å². The highest BCUT2D eigenvalue weighted by Crippen LogP contribution is 2.10. The predicted molar refractivity (Wildman–Crippen MR) is 84.6 cm³/mol. The van der Waals surface area contributed by atoms with Crippen molar-refractivity contribution in [2.24, 2.45) is 0 Å². The molecule has 21 heavy (non-hydrogen) atoms. The largest absolute Gasteiger partial charge is 0.395 e. The molecule has 1 atom stereocenters. The first-order valence-electron chi connectivity index (χ1n) is 7.90. The van der Waals surface area contributed by atoms with E-state index < -0.39 is 0 Å². The molecule has 1 aliphatic heterocycles. The van der Waals surface area contributed by atoms with Gasteiger partial charge in [-0.15, -0.1) is 0 Å². The van der Waals surface area contributed by atoms with Gasteiger partial charge < -0.3 is 10.0 Å². The zero-order valence-electron chi connectivity index (χ0n) is 12.9. The van der Waals surface area contributed by atoms with Gasteiger partial charge in [0.1, 0.15) is 0 Å². The number of hydrogen-bond acceptors (Lipinski definition) is 4. The van der Waals surface area contributed by atoms with Crippen LogP contribution in [0.4, 0.5) is 0 Å². The summed E-state index contributed by atoms with van der Waals surface area (Å²) in [5.41, 5.74) is 0.808. The number of nitrogens with zero attached hydrogens (tertiary/aromatic N) is 2. The number of carbonyl (C=O) groups is 1. The Bertz CT molecular complexity index is 424. The van der Waals surface area contributed by atoms with E-state index in [-0.39, 0.29) is 18.4 Å². The molecular weight excluding hydrogens is 264 g/mol. The minimum absolute atomic E-state index is 0.222. The molecule has 2 rings (SSSR count). The van der Waals surface area contributed by atoms with Gasteiger partial charge in [0, 0.05) is 50.7 Å². The fraction of sp³-hybridized carbons (Fsp3) is 0.588. The Morgan fingerprint density at radius 3 is 2.43 bits per heavy atom. The Labute approximate surface area is 127 Å². The van der Waals surface area contributed by atoms with Crippen molar-refractivity contribution < 1.29 is 9.90 Å². The van der Waals surface area contributed by atoms with E-state index in [9.17, 15) is 9.90 Å². The van der Waals surface area contributed by atoms with Crippen molar-refractivity contribution in [3.05, 3.63) is 35.9 Å². The minimum atomic E-state index is 0.222. The maximum atomic E-state index is 12.1. The topological polar surface area (TPSA) is 43.8 Å². The van der Waals surface area contributed by atoms with Gasteiger partial charge in [-0.2, -0.15) is 0 Å². The molecule has 0 aromatic heterocycles. The van der Waals surface area contributed by atoms with Crippen molar-refractivity contribution in [3.63, 3.8) is 0 Å². The van der Waals surface area contributed by atoms with E-state index >= 15 is 0 Å². The summed E-state index contributed by atoms with van der Waals surface area (Å²) in [6.07, 6.45) is 1.57. The molecule has 116 valence electrons. The number of hydrogen-bond donors (Lipinski definition) is 1. The van der Waals surface area contributed by atoms with Crippen LogP contribution in [0.1, 0.15) is 30.1 Å². The molecule has 1 N–H and O–H groups in total. The van der Waals surface area contributed by atoms with E-state index in [1.54, 1.807) is 0 Å². The number of rotatable bonds is 7. The quantitative estimate of drug-likeness (QED) is 0.776. The fourth-order valence-corrected chi connectivity index (χ4v) is 2.88. The number of ketones is 1. The number of aliphatic hydroxyl groups is 1. The first kappa shape index (κ1) is 16.1. The third-order valence-corrected chi connectivity index (χ3v) is 4.36. The number of benzene rings is 1. The lowest BCUT2D eigenvalue weighted by Gasteiger charge is -2.38. The normalized spacial score (nSPS) is 18.6. The Morgan fingerprint density at radius 2 is 1.86 bits per heavy atom. The Balaban J connectivity index is 1.73. The van der Waals surface area contributed by atoms with Crippen LogP contribution in [0.15, 0.2) is 30.3 Å². The molecule has 0 radical (unpaired) electrons. The third kappa shape index (κ3) is 4.63. The molecule has 1 aliphatic rings. The summed E-state index contributed by atoms with van der Waals surface area (Å²) in [7, 11) is 0. The summed E-state index contributed by atoms with van der Waals surface area (Å²) >= 11 is 0. The molecule has 0 aliphatic carbocycles. The van der Waals surface area contributed by atoms with E-state index in [1.807, 2.05) is 30.3 Å². The SMILES string of the molecule is CCC(CO)N1CCN(CCC(=O)c2ccccc2)CC1. The van der Waals surface area contributed by atoms with Gasteiger partial charge in [0.15, 0.2) is 5.78 Å². The third-order valence-electron chi connectivity index (χ3n) is 4.36. The second-order valence-corrected chi connectivity index (χ2v) is 5.66. The van der Waals surface area contributed by atoms with Crippen LogP contribution in [0.2, 0.25) is 0 Å². The van der Waals surface area contributed by atoms with Crippen LogP contribution in [0.25, 0.3) is 0 Å². The van der Waals surface area contributed by atoms with Crippen LogP contribution in [0.3, 0.4) is 0 Å². The molecule has 0 saturated carbocycles. The molecule has 1 aromatic rings. The van der Waals surface area contributed by atoms with Gasteiger partial charge in [0.25, 0.3) is 0 Å². The molecule has 0 spiro atoms. The van der Waals surface area contributed by atoms with Crippen LogP contribution in [0, 0.1) is 0 Å². The summed E-state index contributed by atoms with van der Waals surface area (Å²) < 4.78 is 0. The van der Waals surface area contributed by atoms with E-state index in [0.717, 1.165) is 44.7 Å². The number of Topliss-reactive ketones (excluding diaryl/α,β-unsaturated/α-hetero) is 1. The maximum absolute atomic E-state index is 12.1. The molecular formula is C17H26N2O2. The molecule has 1 heterocycles. The van der Waals surface area contributed by atoms with Gasteiger partial charge in [0.05, 0.1) is 6.61 Å². The summed E-state index contributed by atoms with van der Waals surface area (Å²) in [5.74, 6) is 0.222. The van der Waals surface area contributed by atoms with Crippen molar-refractivity contribution in [2.45, 2.75) is 25.8 Å². The van der Waals surface area contributed by atoms with Crippen LogP contribution < -0.4 is 0 Å². The number of aliphatic hydroxyl groups excluding tert-OH is 1. The number of piperazine rings is 1. The highest BCUT2D eigenvalue weighted by molar-refractivity contribution is 5.96. The van der Waals surface area contributed by atoms with Crippen LogP contribution >= 0.6 is 0 Å². The van der Waals surface area contributed by atoms with E-state index in [0.29, 0.717) is 6.42 Å². The van der Waals surface area contributed by atoms with E-state index in [1.165, 1.54) is 0 Å². The van der Waals surface area contributed by atoms with Crippen molar-refractivity contribution in [3.8, 4) is 0 Å². The molecule has 1 aromatic carbocycles. The van der Waals surface area contributed by atoms with Gasteiger partial charge in [0.2, 0.25) is 0 Å². The second-order valence-electron chi connectivity index (χ2n) is 5.66. The molecule has 1 unspecified atom stereocenters. The van der Waals surface area contributed by atoms with Gasteiger partial charge >= 0.3 is 0 Å². The summed E-state index contributed by atoms with van der Waals surface area (Å²) in [6, 6.07) is 9.80. The standard InChI is InChI=1S/C17H26N2O2/c1-2-16(14-20)19-12-10-18(11-13-19)9-8-17(21)15-6-4-3-5-7-15/h3-7,16,20H,2,8-14H2,1H3. The molecule has 1 saturated heterocycles. The summed E-state index contributed by atoms with van der Waals surface area (Å²) in [4.78, 5) is 16.8. The summed E-state index contributed by atoms with van der Waals surface area (Å²) in [5, 5.41) is 9.35. The Morgan fingerprint density at radius 1 is 1.19 bits per heavy atom. The van der Waals surface area contributed by atoms with Crippen molar-refractivity contribution >= 4 is 5.78 Å². The van der Waals surface area contributed by atoms with Crippen molar-refractivity contribution in [1.29, 1.82) is 0 Å². The van der Waals surface area contributed by atoms with Gasteiger partial charge in [-0.25, -0.2) is 0 Å². The minimum Gasteiger partial charge on any atom is -0.395 e. The molecule has 4 nitrogen and oxygen atoms in total. The molecule has 0 bridgehead atoms. The monoisotopic (exact) mass is 290 g/mol. The maximum Gasteiger partial charge on any atom is 0.164 e. The second kappa shape index (κ2) is 8.27. The fourth-order valence-electron chi connectivity index (χ4n) is 2.88. The van der Waals surface area contributed by atoms with Crippen LogP contribution in [-0.4, -0.2) is 66.1 Å². The first-order chi connectivity index (χ1) is 10.2. The Kier molecular flexibility index (Phi) is 6.36.